The highest BCUT2D eigenvalue weighted by Crippen LogP contribution is 2.51. The van der Waals surface area contributed by atoms with Crippen LogP contribution < -0.4 is 0 Å². The van der Waals surface area contributed by atoms with Crippen molar-refractivity contribution < 1.29 is 30.0 Å². The molecule has 3 aliphatic carbocycles. The molecule has 0 radical (unpaired) electrons. The van der Waals surface area contributed by atoms with Crippen LogP contribution in [0.15, 0.2) is 60.7 Å². The first kappa shape index (κ1) is 35.8. The summed E-state index contributed by atoms with van der Waals surface area (Å²) in [5.74, 6) is 0.968. The fourth-order valence-electron chi connectivity index (χ4n) is 9.72. The van der Waals surface area contributed by atoms with E-state index in [-0.39, 0.29) is 51.4 Å². The molecule has 7 rings (SSSR count). The smallest absolute Gasteiger partial charge is 0.153 e. The van der Waals surface area contributed by atoms with Crippen molar-refractivity contribution in [3.05, 3.63) is 116 Å². The van der Waals surface area contributed by atoms with Crippen LogP contribution in [-0.2, 0) is 18.3 Å². The molecule has 0 spiro atoms. The van der Waals surface area contributed by atoms with Crippen LogP contribution in [0.25, 0.3) is 0 Å². The third-order valence-corrected chi connectivity index (χ3v) is 12.7. The Morgan fingerprint density at radius 2 is 0.904 bits per heavy atom. The van der Waals surface area contributed by atoms with Crippen molar-refractivity contribution in [3.8, 4) is 23.0 Å². The summed E-state index contributed by atoms with van der Waals surface area (Å²) in [5.41, 5.74) is 7.08. The third-order valence-electron chi connectivity index (χ3n) is 12.7. The van der Waals surface area contributed by atoms with Crippen LogP contribution in [0.5, 0.6) is 23.0 Å². The second-order valence-electron chi connectivity index (χ2n) is 15.8. The summed E-state index contributed by atoms with van der Waals surface area (Å²) in [4.78, 5) is 23.4. The normalized spacial score (nSPS) is 18.2. The Morgan fingerprint density at radius 3 is 1.31 bits per heavy atom. The standard InChI is InChI=1S/C46H52O6/c47-28-34-18-10-16-32(42(34)49)22-36-24-38(26-40(44(36)51)30-12-4-1-5-13-30)46(20-8-3-9-21-46)39-25-37(23-33-17-11-19-35(29-48)43(33)50)45(52)41(27-39)31-14-6-2-7-15-31/h10-11,16-19,24-31,49-52H,1-9,12-15,20-23H2. The molecule has 0 atom stereocenters. The third kappa shape index (κ3) is 6.97. The minimum Gasteiger partial charge on any atom is -0.507 e. The Kier molecular flexibility index (Phi) is 10.7. The topological polar surface area (TPSA) is 115 Å². The maximum absolute atomic E-state index is 12.0. The number of carbonyl (C=O) groups is 2. The molecular formula is C46H52O6. The van der Waals surface area contributed by atoms with Crippen molar-refractivity contribution >= 4 is 12.6 Å². The number of hydrogen-bond acceptors (Lipinski definition) is 6. The fourth-order valence-corrected chi connectivity index (χ4v) is 9.72. The lowest BCUT2D eigenvalue weighted by molar-refractivity contribution is 0.111. The van der Waals surface area contributed by atoms with Crippen LogP contribution in [0.4, 0.5) is 0 Å². The molecule has 3 aliphatic rings. The summed E-state index contributed by atoms with van der Waals surface area (Å²) in [6, 6.07) is 19.2. The van der Waals surface area contributed by atoms with E-state index in [2.05, 4.69) is 24.3 Å². The molecule has 4 N–H and O–H groups in total. The molecule has 4 aromatic rings. The lowest BCUT2D eigenvalue weighted by Crippen LogP contribution is -2.31. The molecule has 3 saturated carbocycles. The summed E-state index contributed by atoms with van der Waals surface area (Å²) in [6.45, 7) is 0. The minimum atomic E-state index is -0.380. The Labute approximate surface area is 307 Å². The molecule has 0 heterocycles. The van der Waals surface area contributed by atoms with E-state index in [0.29, 0.717) is 36.5 Å². The first-order valence-corrected chi connectivity index (χ1v) is 19.6. The number of phenols is 4. The molecule has 0 unspecified atom stereocenters. The second kappa shape index (κ2) is 15.6. The van der Waals surface area contributed by atoms with Crippen molar-refractivity contribution in [1.29, 1.82) is 0 Å². The van der Waals surface area contributed by atoms with Gasteiger partial charge >= 0.3 is 0 Å². The Hall–Kier alpha value is -4.58. The average molecular weight is 701 g/mol. The van der Waals surface area contributed by atoms with Crippen LogP contribution >= 0.6 is 0 Å². The maximum Gasteiger partial charge on any atom is 0.153 e. The van der Waals surface area contributed by atoms with E-state index in [1.165, 1.54) is 12.8 Å². The van der Waals surface area contributed by atoms with E-state index in [1.54, 1.807) is 24.3 Å². The molecule has 0 aliphatic heterocycles. The number of phenolic OH excluding ortho intramolecular Hbond substituents is 4. The van der Waals surface area contributed by atoms with Crippen LogP contribution in [0.1, 0.15) is 173 Å². The van der Waals surface area contributed by atoms with E-state index < -0.39 is 0 Å². The summed E-state index contributed by atoms with van der Waals surface area (Å²) in [5, 5.41) is 46.0. The van der Waals surface area contributed by atoms with Gasteiger partial charge < -0.3 is 20.4 Å². The van der Waals surface area contributed by atoms with Gasteiger partial charge in [-0.1, -0.05) is 106 Å². The zero-order chi connectivity index (χ0) is 36.2. The van der Waals surface area contributed by atoms with Gasteiger partial charge in [0.05, 0.1) is 11.1 Å². The molecule has 6 nitrogen and oxygen atoms in total. The predicted molar refractivity (Wildman–Crippen MR) is 204 cm³/mol. The lowest BCUT2D eigenvalue weighted by atomic mass is 9.63. The van der Waals surface area contributed by atoms with Gasteiger partial charge in [0.1, 0.15) is 23.0 Å². The highest BCUT2D eigenvalue weighted by molar-refractivity contribution is 5.80. The van der Waals surface area contributed by atoms with Gasteiger partial charge in [-0.25, -0.2) is 0 Å². The number of hydrogen-bond donors (Lipinski definition) is 4. The molecule has 272 valence electrons. The highest BCUT2D eigenvalue weighted by atomic mass is 16.3. The number of aromatic hydroxyl groups is 4. The van der Waals surface area contributed by atoms with Crippen LogP contribution in [-0.4, -0.2) is 33.0 Å². The number of para-hydroxylation sites is 2. The van der Waals surface area contributed by atoms with Gasteiger partial charge in [-0.05, 0) is 107 Å². The SMILES string of the molecule is O=Cc1cccc(Cc2cc(C3(c4cc(Cc5cccc(C=O)c5O)c(O)c(C5CCCCC5)c4)CCCCC3)cc(C3CCCCC3)c2O)c1O. The Balaban J connectivity index is 1.42. The largest absolute Gasteiger partial charge is 0.507 e. The molecule has 0 aromatic heterocycles. The summed E-state index contributed by atoms with van der Waals surface area (Å²) in [6.07, 6.45) is 18.0. The second-order valence-corrected chi connectivity index (χ2v) is 15.8. The monoisotopic (exact) mass is 700 g/mol. The van der Waals surface area contributed by atoms with Crippen molar-refractivity contribution in [2.45, 2.75) is 126 Å². The maximum atomic E-state index is 12.0. The van der Waals surface area contributed by atoms with E-state index in [1.807, 2.05) is 12.1 Å². The number of carbonyl (C=O) groups excluding carboxylic acids is 2. The first-order chi connectivity index (χ1) is 25.3. The minimum absolute atomic E-state index is 0.0453. The highest BCUT2D eigenvalue weighted by Gasteiger charge is 2.39. The van der Waals surface area contributed by atoms with E-state index in [4.69, 9.17) is 0 Å². The average Bonchev–Trinajstić information content (AvgIpc) is 3.18. The van der Waals surface area contributed by atoms with Gasteiger partial charge in [-0.2, -0.15) is 0 Å². The zero-order valence-corrected chi connectivity index (χ0v) is 30.2. The van der Waals surface area contributed by atoms with Crippen LogP contribution in [0.3, 0.4) is 0 Å². The van der Waals surface area contributed by atoms with Crippen molar-refractivity contribution in [1.82, 2.24) is 0 Å². The van der Waals surface area contributed by atoms with E-state index in [9.17, 15) is 30.0 Å². The molecule has 6 heteroatoms. The first-order valence-electron chi connectivity index (χ1n) is 19.6. The Bertz CT molecular complexity index is 1790. The van der Waals surface area contributed by atoms with Gasteiger partial charge in [0, 0.05) is 18.3 Å². The lowest BCUT2D eigenvalue weighted by Gasteiger charge is -2.41. The number of rotatable bonds is 10. The summed E-state index contributed by atoms with van der Waals surface area (Å²) >= 11 is 0. The van der Waals surface area contributed by atoms with Gasteiger partial charge in [0.2, 0.25) is 0 Å². The van der Waals surface area contributed by atoms with Gasteiger partial charge in [-0.3, -0.25) is 9.59 Å². The van der Waals surface area contributed by atoms with Gasteiger partial charge in [0.25, 0.3) is 0 Å². The van der Waals surface area contributed by atoms with Gasteiger partial charge in [0.15, 0.2) is 12.6 Å². The fraction of sp³-hybridized carbons (Fsp3) is 0.435. The van der Waals surface area contributed by atoms with Crippen molar-refractivity contribution in [2.75, 3.05) is 0 Å². The molecule has 0 bridgehead atoms. The van der Waals surface area contributed by atoms with E-state index >= 15 is 0 Å². The molecule has 52 heavy (non-hydrogen) atoms. The summed E-state index contributed by atoms with van der Waals surface area (Å²) in [7, 11) is 0. The Morgan fingerprint density at radius 1 is 0.500 bits per heavy atom. The van der Waals surface area contributed by atoms with Crippen LogP contribution in [0.2, 0.25) is 0 Å². The van der Waals surface area contributed by atoms with Crippen molar-refractivity contribution in [3.63, 3.8) is 0 Å². The zero-order valence-electron chi connectivity index (χ0n) is 30.2. The van der Waals surface area contributed by atoms with E-state index in [0.717, 1.165) is 117 Å². The van der Waals surface area contributed by atoms with Crippen LogP contribution in [0, 0.1) is 0 Å². The quantitative estimate of drug-likeness (QED) is 0.122. The molecular weight excluding hydrogens is 649 g/mol. The van der Waals surface area contributed by atoms with Crippen molar-refractivity contribution in [2.24, 2.45) is 0 Å². The number of benzene rings is 4. The van der Waals surface area contributed by atoms with Gasteiger partial charge in [-0.15, -0.1) is 0 Å². The molecule has 4 aromatic carbocycles. The molecule has 3 fully saturated rings. The summed E-state index contributed by atoms with van der Waals surface area (Å²) < 4.78 is 0. The predicted octanol–water partition coefficient (Wildman–Crippen LogP) is 10.7. The molecule has 0 saturated heterocycles. The molecule has 0 amide bonds. The number of aldehydes is 2.